The predicted molar refractivity (Wildman–Crippen MR) is 64.9 cm³/mol. The van der Waals surface area contributed by atoms with Gasteiger partial charge in [-0.3, -0.25) is 9.59 Å². The third kappa shape index (κ3) is 2.77. The van der Waals surface area contributed by atoms with Crippen molar-refractivity contribution in [3.63, 3.8) is 0 Å². The number of nitrogens with zero attached hydrogens (tertiary/aromatic N) is 1. The lowest BCUT2D eigenvalue weighted by Gasteiger charge is -2.11. The number of aliphatic carboxylic acids is 1. The van der Waals surface area contributed by atoms with Crippen molar-refractivity contribution in [2.24, 2.45) is 5.92 Å². The van der Waals surface area contributed by atoms with Gasteiger partial charge in [0.1, 0.15) is 5.69 Å². The molecule has 1 aromatic rings. The van der Waals surface area contributed by atoms with Crippen LogP contribution < -0.4 is 11.1 Å². The highest BCUT2D eigenvalue weighted by Crippen LogP contribution is 2.25. The van der Waals surface area contributed by atoms with Crippen LogP contribution in [0.5, 0.6) is 0 Å². The van der Waals surface area contributed by atoms with E-state index in [9.17, 15) is 9.59 Å². The number of hydrogen-bond donors (Lipinski definition) is 3. The summed E-state index contributed by atoms with van der Waals surface area (Å²) in [5, 5.41) is 11.7. The molecule has 1 saturated carbocycles. The zero-order valence-electron chi connectivity index (χ0n) is 9.80. The Kier molecular flexibility index (Phi) is 3.45. The Morgan fingerprint density at radius 3 is 2.72 bits per heavy atom. The Labute approximate surface area is 104 Å². The molecule has 1 aromatic heterocycles. The minimum absolute atomic E-state index is 0.0852. The Morgan fingerprint density at radius 2 is 2.17 bits per heavy atom. The normalized spacial score (nSPS) is 22.7. The summed E-state index contributed by atoms with van der Waals surface area (Å²) in [7, 11) is 0. The first-order valence-electron chi connectivity index (χ1n) is 5.81. The van der Waals surface area contributed by atoms with Crippen LogP contribution in [0.15, 0.2) is 18.3 Å². The second-order valence-corrected chi connectivity index (χ2v) is 4.50. The molecule has 2 atom stereocenters. The van der Waals surface area contributed by atoms with Crippen molar-refractivity contribution < 1.29 is 14.7 Å². The van der Waals surface area contributed by atoms with Crippen LogP contribution in [0.25, 0.3) is 0 Å². The maximum Gasteiger partial charge on any atom is 0.306 e. The number of rotatable bonds is 3. The topological polar surface area (TPSA) is 105 Å². The SMILES string of the molecule is Nc1ccc(C(=O)NC2CCC(C(=O)O)C2)nc1. The number of carbonyl (C=O) groups excluding carboxylic acids is 1. The maximum absolute atomic E-state index is 11.8. The summed E-state index contributed by atoms with van der Waals surface area (Å²) >= 11 is 0. The van der Waals surface area contributed by atoms with E-state index in [0.29, 0.717) is 30.6 Å². The molecule has 6 nitrogen and oxygen atoms in total. The summed E-state index contributed by atoms with van der Waals surface area (Å²) in [6, 6.07) is 3.07. The summed E-state index contributed by atoms with van der Waals surface area (Å²) in [6.07, 6.45) is 3.20. The van der Waals surface area contributed by atoms with E-state index in [0.717, 1.165) is 0 Å². The lowest BCUT2D eigenvalue weighted by atomic mass is 10.1. The van der Waals surface area contributed by atoms with Gasteiger partial charge >= 0.3 is 5.97 Å². The number of hydrogen-bond acceptors (Lipinski definition) is 4. The molecule has 0 bridgehead atoms. The molecule has 18 heavy (non-hydrogen) atoms. The van der Waals surface area contributed by atoms with Crippen LogP contribution in [0.1, 0.15) is 29.8 Å². The van der Waals surface area contributed by atoms with Crippen molar-refractivity contribution in [3.8, 4) is 0 Å². The fraction of sp³-hybridized carbons (Fsp3) is 0.417. The zero-order valence-corrected chi connectivity index (χ0v) is 9.80. The smallest absolute Gasteiger partial charge is 0.306 e. The summed E-state index contributed by atoms with van der Waals surface area (Å²) in [6.45, 7) is 0. The Morgan fingerprint density at radius 1 is 1.39 bits per heavy atom. The van der Waals surface area contributed by atoms with Crippen LogP contribution in [0.4, 0.5) is 5.69 Å². The molecule has 1 fully saturated rings. The van der Waals surface area contributed by atoms with Gasteiger partial charge in [-0.1, -0.05) is 0 Å². The van der Waals surface area contributed by atoms with Crippen molar-refractivity contribution in [3.05, 3.63) is 24.0 Å². The van der Waals surface area contributed by atoms with E-state index in [4.69, 9.17) is 10.8 Å². The molecule has 1 amide bonds. The van der Waals surface area contributed by atoms with E-state index in [-0.39, 0.29) is 17.9 Å². The van der Waals surface area contributed by atoms with E-state index in [1.54, 1.807) is 12.1 Å². The Balaban J connectivity index is 1.92. The molecule has 1 heterocycles. The standard InChI is InChI=1S/C12H15N3O3/c13-8-2-4-10(14-6-8)11(16)15-9-3-1-7(5-9)12(17)18/h2,4,6-7,9H,1,3,5,13H2,(H,15,16)(H,17,18). The number of anilines is 1. The van der Waals surface area contributed by atoms with Gasteiger partial charge in [0.2, 0.25) is 0 Å². The molecule has 4 N–H and O–H groups in total. The van der Waals surface area contributed by atoms with Crippen LogP contribution >= 0.6 is 0 Å². The molecule has 0 aromatic carbocycles. The lowest BCUT2D eigenvalue weighted by Crippen LogP contribution is -2.33. The van der Waals surface area contributed by atoms with Crippen LogP contribution in [0.3, 0.4) is 0 Å². The number of amides is 1. The van der Waals surface area contributed by atoms with Gasteiger partial charge in [-0.05, 0) is 31.4 Å². The fourth-order valence-corrected chi connectivity index (χ4v) is 2.14. The summed E-state index contributed by atoms with van der Waals surface area (Å²) in [5.74, 6) is -1.43. The molecule has 0 spiro atoms. The van der Waals surface area contributed by atoms with Crippen LogP contribution in [-0.2, 0) is 4.79 Å². The molecule has 0 aliphatic heterocycles. The van der Waals surface area contributed by atoms with Crippen molar-refractivity contribution in [1.82, 2.24) is 10.3 Å². The summed E-state index contributed by atoms with van der Waals surface area (Å²) in [5.41, 5.74) is 6.28. The summed E-state index contributed by atoms with van der Waals surface area (Å²) in [4.78, 5) is 26.5. The predicted octanol–water partition coefficient (Wildman–Crippen LogP) is 0.647. The third-order valence-electron chi connectivity index (χ3n) is 3.14. The zero-order chi connectivity index (χ0) is 13.1. The molecule has 1 aliphatic rings. The number of nitrogen functional groups attached to an aromatic ring is 1. The van der Waals surface area contributed by atoms with Gasteiger partial charge in [-0.25, -0.2) is 4.98 Å². The number of carboxylic acid groups (broad SMARTS) is 1. The molecule has 0 radical (unpaired) electrons. The number of carbonyl (C=O) groups is 2. The first-order chi connectivity index (χ1) is 8.56. The van der Waals surface area contributed by atoms with Gasteiger partial charge in [0.05, 0.1) is 17.8 Å². The van der Waals surface area contributed by atoms with Crippen molar-refractivity contribution in [2.45, 2.75) is 25.3 Å². The van der Waals surface area contributed by atoms with Gasteiger partial charge < -0.3 is 16.2 Å². The second kappa shape index (κ2) is 5.03. The van der Waals surface area contributed by atoms with Gasteiger partial charge in [-0.15, -0.1) is 0 Å². The van der Waals surface area contributed by atoms with E-state index in [1.165, 1.54) is 6.20 Å². The number of carboxylic acids is 1. The fourth-order valence-electron chi connectivity index (χ4n) is 2.14. The molecule has 2 unspecified atom stereocenters. The van der Waals surface area contributed by atoms with Crippen LogP contribution in [0.2, 0.25) is 0 Å². The summed E-state index contributed by atoms with van der Waals surface area (Å²) < 4.78 is 0. The van der Waals surface area contributed by atoms with E-state index in [2.05, 4.69) is 10.3 Å². The van der Waals surface area contributed by atoms with E-state index >= 15 is 0 Å². The molecule has 6 heteroatoms. The Bertz CT molecular complexity index is 458. The molecular weight excluding hydrogens is 234 g/mol. The van der Waals surface area contributed by atoms with Gasteiger partial charge in [0, 0.05) is 6.04 Å². The molecule has 96 valence electrons. The monoisotopic (exact) mass is 249 g/mol. The number of nitrogens with two attached hydrogens (primary N) is 1. The maximum atomic E-state index is 11.8. The van der Waals surface area contributed by atoms with Gasteiger partial charge in [-0.2, -0.15) is 0 Å². The van der Waals surface area contributed by atoms with E-state index in [1.807, 2.05) is 0 Å². The van der Waals surface area contributed by atoms with Crippen LogP contribution in [0, 0.1) is 5.92 Å². The van der Waals surface area contributed by atoms with Crippen molar-refractivity contribution >= 4 is 17.6 Å². The first kappa shape index (κ1) is 12.3. The largest absolute Gasteiger partial charge is 0.481 e. The highest BCUT2D eigenvalue weighted by Gasteiger charge is 2.30. The molecule has 0 saturated heterocycles. The quantitative estimate of drug-likeness (QED) is 0.729. The van der Waals surface area contributed by atoms with Crippen molar-refractivity contribution in [1.29, 1.82) is 0 Å². The molecule has 2 rings (SSSR count). The minimum Gasteiger partial charge on any atom is -0.481 e. The Hall–Kier alpha value is -2.11. The minimum atomic E-state index is -0.794. The number of aromatic nitrogens is 1. The number of pyridine rings is 1. The number of nitrogens with one attached hydrogen (secondary N) is 1. The second-order valence-electron chi connectivity index (χ2n) is 4.50. The lowest BCUT2D eigenvalue weighted by molar-refractivity contribution is -0.141. The van der Waals surface area contributed by atoms with Gasteiger partial charge in [0.25, 0.3) is 5.91 Å². The van der Waals surface area contributed by atoms with Crippen LogP contribution in [-0.4, -0.2) is 28.0 Å². The average Bonchev–Trinajstić information content (AvgIpc) is 2.78. The third-order valence-corrected chi connectivity index (χ3v) is 3.14. The average molecular weight is 249 g/mol. The van der Waals surface area contributed by atoms with Crippen molar-refractivity contribution in [2.75, 3.05) is 5.73 Å². The van der Waals surface area contributed by atoms with E-state index < -0.39 is 5.97 Å². The highest BCUT2D eigenvalue weighted by molar-refractivity contribution is 5.92. The molecular formula is C12H15N3O3. The molecule has 1 aliphatic carbocycles. The van der Waals surface area contributed by atoms with Gasteiger partial charge in [0.15, 0.2) is 0 Å². The highest BCUT2D eigenvalue weighted by atomic mass is 16.4. The first-order valence-corrected chi connectivity index (χ1v) is 5.81.